The quantitative estimate of drug-likeness (QED) is 0.720. The molecule has 0 aromatic carbocycles. The first-order valence-electron chi connectivity index (χ1n) is 8.64. The van der Waals surface area contributed by atoms with Crippen LogP contribution < -0.4 is 10.5 Å². The van der Waals surface area contributed by atoms with Crippen LogP contribution in [0.4, 0.5) is 0 Å². The molecule has 2 atom stereocenters. The van der Waals surface area contributed by atoms with E-state index in [1.807, 2.05) is 20.8 Å². The highest BCUT2D eigenvalue weighted by molar-refractivity contribution is 7.91. The normalized spacial score (nSPS) is 15.0. The fourth-order valence-corrected chi connectivity index (χ4v) is 4.15. The van der Waals surface area contributed by atoms with Crippen LogP contribution in [0.5, 0.6) is 5.88 Å². The van der Waals surface area contributed by atoms with Crippen molar-refractivity contribution in [3.63, 3.8) is 0 Å². The lowest BCUT2D eigenvalue weighted by molar-refractivity contribution is -0.474. The molecule has 144 valence electrons. The van der Waals surface area contributed by atoms with E-state index in [9.17, 15) is 8.42 Å². The standard InChI is InChI=1S/C18H26ClN3O3S/c1-6-26(23,24)12(3)7-11(2)25-17-14-9-21-16(19)8-13(14)15(10-22-17)18(4,5)20/h8-12H,6-7,20H2,1-5H3/p+1/t11-,12-/m1/s1. The van der Waals surface area contributed by atoms with Gasteiger partial charge in [0.15, 0.2) is 9.84 Å². The summed E-state index contributed by atoms with van der Waals surface area (Å²) in [5, 5.41) is 1.54. The van der Waals surface area contributed by atoms with Gasteiger partial charge in [-0.3, -0.25) is 0 Å². The summed E-state index contributed by atoms with van der Waals surface area (Å²) < 4.78 is 29.9. The second kappa shape index (κ2) is 7.66. The summed E-state index contributed by atoms with van der Waals surface area (Å²) in [6, 6.07) is 1.78. The minimum absolute atomic E-state index is 0.123. The van der Waals surface area contributed by atoms with Crippen LogP contribution in [-0.4, -0.2) is 35.5 Å². The Morgan fingerprint density at radius 1 is 1.23 bits per heavy atom. The average molecular weight is 401 g/mol. The molecule has 0 saturated heterocycles. The molecule has 0 unspecified atom stereocenters. The number of fused-ring (bicyclic) bond motifs is 1. The van der Waals surface area contributed by atoms with Crippen molar-refractivity contribution in [2.24, 2.45) is 0 Å². The van der Waals surface area contributed by atoms with E-state index in [-0.39, 0.29) is 17.4 Å². The number of nitrogens with zero attached hydrogens (tertiary/aromatic N) is 2. The van der Waals surface area contributed by atoms with Crippen LogP contribution in [0.1, 0.15) is 46.6 Å². The van der Waals surface area contributed by atoms with Crippen molar-refractivity contribution in [1.29, 1.82) is 0 Å². The van der Waals surface area contributed by atoms with Crippen LogP contribution in [0.25, 0.3) is 10.8 Å². The van der Waals surface area contributed by atoms with Gasteiger partial charge in [-0.2, -0.15) is 0 Å². The van der Waals surface area contributed by atoms with Crippen molar-refractivity contribution in [3.05, 3.63) is 29.2 Å². The van der Waals surface area contributed by atoms with Crippen molar-refractivity contribution in [2.45, 2.75) is 57.9 Å². The van der Waals surface area contributed by atoms with Crippen molar-refractivity contribution < 1.29 is 18.9 Å². The summed E-state index contributed by atoms with van der Waals surface area (Å²) >= 11 is 6.07. The molecule has 3 N–H and O–H groups in total. The van der Waals surface area contributed by atoms with Crippen LogP contribution >= 0.6 is 11.6 Å². The summed E-state index contributed by atoms with van der Waals surface area (Å²) in [5.41, 5.74) is 4.76. The van der Waals surface area contributed by atoms with Crippen LogP contribution in [0.3, 0.4) is 0 Å². The van der Waals surface area contributed by atoms with Gasteiger partial charge in [0.1, 0.15) is 10.7 Å². The molecule has 0 radical (unpaired) electrons. The maximum atomic E-state index is 12.0. The first kappa shape index (κ1) is 20.9. The number of ether oxygens (including phenoxy) is 1. The maximum Gasteiger partial charge on any atom is 0.223 e. The first-order valence-corrected chi connectivity index (χ1v) is 10.7. The van der Waals surface area contributed by atoms with E-state index in [1.165, 1.54) is 0 Å². The Labute approximate surface area is 160 Å². The summed E-state index contributed by atoms with van der Waals surface area (Å²) in [6.07, 6.45) is 3.45. The Morgan fingerprint density at radius 2 is 1.88 bits per heavy atom. The van der Waals surface area contributed by atoms with Crippen molar-refractivity contribution in [3.8, 4) is 5.88 Å². The molecule has 2 rings (SSSR count). The first-order chi connectivity index (χ1) is 12.0. The second-order valence-corrected chi connectivity index (χ2v) is 10.4. The Bertz CT molecular complexity index is 894. The Hall–Kier alpha value is -1.44. The molecular weight excluding hydrogens is 374 g/mol. The van der Waals surface area contributed by atoms with E-state index in [0.29, 0.717) is 17.5 Å². The Morgan fingerprint density at radius 3 is 2.46 bits per heavy atom. The molecule has 0 aliphatic heterocycles. The topological polar surface area (TPSA) is 96.8 Å². The van der Waals surface area contributed by atoms with Crippen LogP contribution in [-0.2, 0) is 15.4 Å². The van der Waals surface area contributed by atoms with Gasteiger partial charge >= 0.3 is 0 Å². The lowest BCUT2D eigenvalue weighted by Crippen LogP contribution is -2.66. The van der Waals surface area contributed by atoms with E-state index in [1.54, 1.807) is 32.3 Å². The molecule has 0 aliphatic carbocycles. The monoisotopic (exact) mass is 400 g/mol. The van der Waals surface area contributed by atoms with E-state index in [2.05, 4.69) is 15.7 Å². The van der Waals surface area contributed by atoms with Crippen molar-refractivity contribution >= 4 is 32.2 Å². The minimum Gasteiger partial charge on any atom is -0.474 e. The van der Waals surface area contributed by atoms with Gasteiger partial charge < -0.3 is 10.5 Å². The molecule has 0 aliphatic rings. The van der Waals surface area contributed by atoms with E-state index >= 15 is 0 Å². The fourth-order valence-electron chi connectivity index (χ4n) is 2.86. The number of pyridine rings is 2. The number of hydrogen-bond donors (Lipinski definition) is 1. The third kappa shape index (κ3) is 4.64. The second-order valence-electron chi connectivity index (χ2n) is 7.34. The summed E-state index contributed by atoms with van der Waals surface area (Å²) in [7, 11) is -3.10. The van der Waals surface area contributed by atoms with Gasteiger partial charge in [-0.1, -0.05) is 18.5 Å². The SMILES string of the molecule is CCS(=O)(=O)[C@H](C)C[C@@H](C)Oc1ncc(C(C)(C)[NH3+])c2cc(Cl)ncc12. The van der Waals surface area contributed by atoms with Crippen molar-refractivity contribution in [2.75, 3.05) is 5.75 Å². The summed E-state index contributed by atoms with van der Waals surface area (Å²) in [5.74, 6) is 0.545. The molecule has 0 spiro atoms. The number of halogens is 1. The molecule has 0 bridgehead atoms. The zero-order chi connectivity index (χ0) is 19.7. The van der Waals surface area contributed by atoms with Gasteiger partial charge in [0.25, 0.3) is 0 Å². The summed E-state index contributed by atoms with van der Waals surface area (Å²) in [4.78, 5) is 8.58. The lowest BCUT2D eigenvalue weighted by atomic mass is 9.93. The summed E-state index contributed by atoms with van der Waals surface area (Å²) in [6.45, 7) is 9.20. The molecule has 8 heteroatoms. The number of hydrogen-bond acceptors (Lipinski definition) is 5. The zero-order valence-electron chi connectivity index (χ0n) is 15.9. The molecule has 0 saturated carbocycles. The zero-order valence-corrected chi connectivity index (χ0v) is 17.5. The smallest absolute Gasteiger partial charge is 0.223 e. The molecule has 0 amide bonds. The van der Waals surface area contributed by atoms with Gasteiger partial charge in [-0.15, -0.1) is 0 Å². The van der Waals surface area contributed by atoms with E-state index in [4.69, 9.17) is 16.3 Å². The molecule has 2 aromatic rings. The lowest BCUT2D eigenvalue weighted by Gasteiger charge is -2.21. The van der Waals surface area contributed by atoms with E-state index < -0.39 is 15.1 Å². The van der Waals surface area contributed by atoms with Gasteiger partial charge in [-0.25, -0.2) is 18.4 Å². The molecule has 26 heavy (non-hydrogen) atoms. The molecule has 2 aromatic heterocycles. The maximum absolute atomic E-state index is 12.0. The predicted molar refractivity (Wildman–Crippen MR) is 104 cm³/mol. The number of quaternary nitrogens is 1. The Kier molecular flexibility index (Phi) is 6.15. The van der Waals surface area contributed by atoms with Gasteiger partial charge in [0.2, 0.25) is 5.88 Å². The third-order valence-corrected chi connectivity index (χ3v) is 6.85. The number of aromatic nitrogens is 2. The highest BCUT2D eigenvalue weighted by Gasteiger charge is 2.26. The van der Waals surface area contributed by atoms with Crippen molar-refractivity contribution in [1.82, 2.24) is 9.97 Å². The third-order valence-electron chi connectivity index (χ3n) is 4.42. The van der Waals surface area contributed by atoms with Gasteiger partial charge in [0, 0.05) is 35.5 Å². The predicted octanol–water partition coefficient (Wildman–Crippen LogP) is 2.74. The van der Waals surface area contributed by atoms with Gasteiger partial charge in [0.05, 0.1) is 16.7 Å². The number of sulfone groups is 1. The number of rotatable bonds is 7. The molecular formula is C18H27ClN3O3S+. The molecule has 2 heterocycles. The minimum atomic E-state index is -3.10. The van der Waals surface area contributed by atoms with Gasteiger partial charge in [-0.05, 0) is 33.8 Å². The largest absolute Gasteiger partial charge is 0.474 e. The average Bonchev–Trinajstić information content (AvgIpc) is 2.53. The van der Waals surface area contributed by atoms with Crippen LogP contribution in [0.15, 0.2) is 18.5 Å². The van der Waals surface area contributed by atoms with Crippen LogP contribution in [0, 0.1) is 0 Å². The molecule has 0 fully saturated rings. The fraction of sp³-hybridized carbons (Fsp3) is 0.556. The highest BCUT2D eigenvalue weighted by Crippen LogP contribution is 2.32. The van der Waals surface area contributed by atoms with Crippen LogP contribution in [0.2, 0.25) is 5.15 Å². The Balaban J connectivity index is 2.36. The molecule has 6 nitrogen and oxygen atoms in total. The highest BCUT2D eigenvalue weighted by atomic mass is 35.5. The van der Waals surface area contributed by atoms with E-state index in [0.717, 1.165) is 16.3 Å².